The zero-order chi connectivity index (χ0) is 14.5. The van der Waals surface area contributed by atoms with Gasteiger partial charge in [-0.3, -0.25) is 4.79 Å². The van der Waals surface area contributed by atoms with E-state index in [9.17, 15) is 4.79 Å². The number of aldehydes is 1. The van der Waals surface area contributed by atoms with Gasteiger partial charge in [0.25, 0.3) is 0 Å². The predicted octanol–water partition coefficient (Wildman–Crippen LogP) is 4.85. The van der Waals surface area contributed by atoms with Gasteiger partial charge in [0.15, 0.2) is 0 Å². The number of hydrogen-bond acceptors (Lipinski definition) is 1. The summed E-state index contributed by atoms with van der Waals surface area (Å²) < 4.78 is 0. The molecule has 2 rings (SSSR count). The van der Waals surface area contributed by atoms with Crippen molar-refractivity contribution in [1.29, 1.82) is 0 Å². The molecule has 0 radical (unpaired) electrons. The summed E-state index contributed by atoms with van der Waals surface area (Å²) in [7, 11) is 0. The maximum absolute atomic E-state index is 11.0. The van der Waals surface area contributed by atoms with E-state index in [4.69, 9.17) is 0 Å². The van der Waals surface area contributed by atoms with Gasteiger partial charge in [0.05, 0.1) is 0 Å². The van der Waals surface area contributed by atoms with Gasteiger partial charge < -0.3 is 0 Å². The summed E-state index contributed by atoms with van der Waals surface area (Å²) in [6.07, 6.45) is 4.01. The molecule has 2 aromatic rings. The number of carbonyl (C=O) groups is 1. The second-order valence-corrected chi connectivity index (χ2v) is 5.09. The molecule has 0 bridgehead atoms. The topological polar surface area (TPSA) is 17.1 Å². The largest absolute Gasteiger partial charge is 0.298 e. The fourth-order valence-electron chi connectivity index (χ4n) is 2.74. The quantitative estimate of drug-likeness (QED) is 0.707. The number of rotatable bonds is 5. The zero-order valence-corrected chi connectivity index (χ0v) is 12.6. The van der Waals surface area contributed by atoms with E-state index >= 15 is 0 Å². The standard InChI is InChI=1S/C19H22O/c1-4-14-10-16(5-2)19(17(6-3)11-14)18-9-7-8-15(12-18)13-20/h7-13H,4-6H2,1-3H3. The highest BCUT2D eigenvalue weighted by atomic mass is 16.1. The average Bonchev–Trinajstić information content (AvgIpc) is 2.53. The Morgan fingerprint density at radius 1 is 0.900 bits per heavy atom. The van der Waals surface area contributed by atoms with Gasteiger partial charge in [0.2, 0.25) is 0 Å². The minimum atomic E-state index is 0.742. The van der Waals surface area contributed by atoms with Crippen LogP contribution in [0.15, 0.2) is 36.4 Å². The van der Waals surface area contributed by atoms with Crippen LogP contribution in [0.2, 0.25) is 0 Å². The van der Waals surface area contributed by atoms with Crippen molar-refractivity contribution < 1.29 is 4.79 Å². The molecule has 0 heterocycles. The van der Waals surface area contributed by atoms with Gasteiger partial charge in [-0.2, -0.15) is 0 Å². The summed E-state index contributed by atoms with van der Waals surface area (Å²) >= 11 is 0. The lowest BCUT2D eigenvalue weighted by Gasteiger charge is -2.16. The van der Waals surface area contributed by atoms with Crippen LogP contribution in [0.3, 0.4) is 0 Å². The fourth-order valence-corrected chi connectivity index (χ4v) is 2.74. The van der Waals surface area contributed by atoms with Crippen molar-refractivity contribution in [3.63, 3.8) is 0 Å². The van der Waals surface area contributed by atoms with Crippen LogP contribution in [-0.4, -0.2) is 6.29 Å². The molecule has 0 N–H and O–H groups in total. The van der Waals surface area contributed by atoms with E-state index in [0.717, 1.165) is 36.7 Å². The van der Waals surface area contributed by atoms with Crippen molar-refractivity contribution in [2.24, 2.45) is 0 Å². The molecule has 0 saturated heterocycles. The summed E-state index contributed by atoms with van der Waals surface area (Å²) in [6, 6.07) is 12.5. The number of carbonyl (C=O) groups excluding carboxylic acids is 1. The third-order valence-electron chi connectivity index (χ3n) is 3.84. The monoisotopic (exact) mass is 266 g/mol. The molecule has 0 aromatic heterocycles. The first kappa shape index (κ1) is 14.5. The molecule has 0 saturated carbocycles. The second kappa shape index (κ2) is 6.51. The lowest BCUT2D eigenvalue weighted by Crippen LogP contribution is -1.98. The lowest BCUT2D eigenvalue weighted by molar-refractivity contribution is 0.112. The third kappa shape index (κ3) is 2.82. The van der Waals surface area contributed by atoms with E-state index in [0.29, 0.717) is 0 Å². The van der Waals surface area contributed by atoms with E-state index in [1.807, 2.05) is 18.2 Å². The van der Waals surface area contributed by atoms with E-state index < -0.39 is 0 Å². The summed E-state index contributed by atoms with van der Waals surface area (Å²) in [5.74, 6) is 0. The molecule has 1 nitrogen and oxygen atoms in total. The Balaban J connectivity index is 2.67. The van der Waals surface area contributed by atoms with Crippen molar-refractivity contribution in [2.45, 2.75) is 40.0 Å². The SMILES string of the molecule is CCc1cc(CC)c(-c2cccc(C=O)c2)c(CC)c1. The molecule has 0 spiro atoms. The summed E-state index contributed by atoms with van der Waals surface area (Å²) in [6.45, 7) is 6.59. The second-order valence-electron chi connectivity index (χ2n) is 5.09. The molecule has 0 aliphatic rings. The van der Waals surface area contributed by atoms with Gasteiger partial charge in [0, 0.05) is 5.56 Å². The van der Waals surface area contributed by atoms with Crippen LogP contribution in [0, 0.1) is 0 Å². The van der Waals surface area contributed by atoms with Gasteiger partial charge in [-0.1, -0.05) is 51.1 Å². The fraction of sp³-hybridized carbons (Fsp3) is 0.316. The first-order valence-corrected chi connectivity index (χ1v) is 7.43. The smallest absolute Gasteiger partial charge is 0.150 e. The van der Waals surface area contributed by atoms with Crippen molar-refractivity contribution in [1.82, 2.24) is 0 Å². The summed E-state index contributed by atoms with van der Waals surface area (Å²) in [5.41, 5.74) is 7.37. The Morgan fingerprint density at radius 3 is 2.05 bits per heavy atom. The van der Waals surface area contributed by atoms with E-state index in [-0.39, 0.29) is 0 Å². The number of aryl methyl sites for hydroxylation is 3. The van der Waals surface area contributed by atoms with Crippen LogP contribution in [-0.2, 0) is 19.3 Å². The van der Waals surface area contributed by atoms with Crippen LogP contribution in [0.5, 0.6) is 0 Å². The Labute approximate surface area is 121 Å². The molecule has 0 atom stereocenters. The first-order chi connectivity index (χ1) is 9.73. The van der Waals surface area contributed by atoms with Crippen LogP contribution in [0.4, 0.5) is 0 Å². The summed E-state index contributed by atoms with van der Waals surface area (Å²) in [4.78, 5) is 11.0. The average molecular weight is 266 g/mol. The van der Waals surface area contributed by atoms with E-state index in [1.54, 1.807) is 0 Å². The Kier molecular flexibility index (Phi) is 4.73. The molecule has 0 aliphatic heterocycles. The zero-order valence-electron chi connectivity index (χ0n) is 12.6. The first-order valence-electron chi connectivity index (χ1n) is 7.43. The van der Waals surface area contributed by atoms with Crippen LogP contribution < -0.4 is 0 Å². The highest BCUT2D eigenvalue weighted by molar-refractivity contribution is 5.80. The van der Waals surface area contributed by atoms with Gasteiger partial charge in [-0.15, -0.1) is 0 Å². The third-order valence-corrected chi connectivity index (χ3v) is 3.84. The van der Waals surface area contributed by atoms with Crippen molar-refractivity contribution >= 4 is 6.29 Å². The van der Waals surface area contributed by atoms with E-state index in [2.05, 4.69) is 39.0 Å². The Morgan fingerprint density at radius 2 is 1.55 bits per heavy atom. The van der Waals surface area contributed by atoms with Crippen LogP contribution in [0.1, 0.15) is 47.8 Å². The molecule has 20 heavy (non-hydrogen) atoms. The minimum Gasteiger partial charge on any atom is -0.298 e. The van der Waals surface area contributed by atoms with E-state index in [1.165, 1.54) is 22.3 Å². The highest BCUT2D eigenvalue weighted by Gasteiger charge is 2.11. The molecular formula is C19H22O. The normalized spacial score (nSPS) is 10.6. The highest BCUT2D eigenvalue weighted by Crippen LogP contribution is 2.31. The summed E-state index contributed by atoms with van der Waals surface area (Å²) in [5, 5.41) is 0. The molecule has 0 fully saturated rings. The van der Waals surface area contributed by atoms with Gasteiger partial charge in [-0.05, 0) is 53.1 Å². The van der Waals surface area contributed by atoms with Crippen molar-refractivity contribution in [2.75, 3.05) is 0 Å². The van der Waals surface area contributed by atoms with Crippen molar-refractivity contribution in [3.8, 4) is 11.1 Å². The van der Waals surface area contributed by atoms with Gasteiger partial charge in [0.1, 0.15) is 6.29 Å². The number of benzene rings is 2. The van der Waals surface area contributed by atoms with Gasteiger partial charge in [-0.25, -0.2) is 0 Å². The Bertz CT molecular complexity index is 586. The van der Waals surface area contributed by atoms with Crippen molar-refractivity contribution in [3.05, 3.63) is 58.7 Å². The maximum atomic E-state index is 11.0. The van der Waals surface area contributed by atoms with Crippen LogP contribution in [0.25, 0.3) is 11.1 Å². The molecule has 2 aromatic carbocycles. The molecule has 1 heteroatoms. The predicted molar refractivity (Wildman–Crippen MR) is 85.4 cm³/mol. The van der Waals surface area contributed by atoms with Gasteiger partial charge >= 0.3 is 0 Å². The minimum absolute atomic E-state index is 0.742. The number of hydrogen-bond donors (Lipinski definition) is 0. The van der Waals surface area contributed by atoms with Crippen LogP contribution >= 0.6 is 0 Å². The Hall–Kier alpha value is -1.89. The molecular weight excluding hydrogens is 244 g/mol. The molecule has 0 aliphatic carbocycles. The maximum Gasteiger partial charge on any atom is 0.150 e. The lowest BCUT2D eigenvalue weighted by atomic mass is 9.89. The molecule has 104 valence electrons. The molecule has 0 amide bonds. The molecule has 0 unspecified atom stereocenters.